The van der Waals surface area contributed by atoms with E-state index in [1.165, 1.54) is 55.2 Å². The normalized spacial score (nSPS) is 13.3. The van der Waals surface area contributed by atoms with Crippen LogP contribution in [0.1, 0.15) is 22.3 Å². The molecule has 1 aliphatic rings. The van der Waals surface area contributed by atoms with Crippen molar-refractivity contribution in [2.45, 2.75) is 5.41 Å². The van der Waals surface area contributed by atoms with E-state index >= 15 is 0 Å². The average molecular weight is 650 g/mol. The van der Waals surface area contributed by atoms with Crippen molar-refractivity contribution in [2.24, 2.45) is 0 Å². The largest absolute Gasteiger partial charge is 0.309 e. The van der Waals surface area contributed by atoms with Gasteiger partial charge in [-0.1, -0.05) is 121 Å². The number of benzene rings is 7. The number of pyridine rings is 1. The molecule has 0 saturated carbocycles. The van der Waals surface area contributed by atoms with Gasteiger partial charge in [0.15, 0.2) is 0 Å². The maximum atomic E-state index is 5.05. The van der Waals surface area contributed by atoms with Crippen LogP contribution in [0.15, 0.2) is 188 Å². The molecule has 3 aromatic heterocycles. The van der Waals surface area contributed by atoms with E-state index in [4.69, 9.17) is 4.98 Å². The van der Waals surface area contributed by atoms with Crippen LogP contribution < -0.4 is 0 Å². The molecule has 0 amide bonds. The zero-order valence-corrected chi connectivity index (χ0v) is 27.7. The van der Waals surface area contributed by atoms with Gasteiger partial charge in [-0.05, 0) is 94.0 Å². The molecule has 11 rings (SSSR count). The van der Waals surface area contributed by atoms with Gasteiger partial charge in [0.2, 0.25) is 0 Å². The number of hydrogen-bond acceptors (Lipinski definition) is 1. The Kier molecular flexibility index (Phi) is 5.88. The minimum absolute atomic E-state index is 0.468. The molecule has 3 heteroatoms. The highest BCUT2D eigenvalue weighted by Gasteiger charge is 2.46. The first-order chi connectivity index (χ1) is 25.3. The van der Waals surface area contributed by atoms with Crippen molar-refractivity contribution < 1.29 is 0 Å². The molecule has 3 nitrogen and oxygen atoms in total. The number of nitrogens with zero attached hydrogens (tertiary/aromatic N) is 3. The molecule has 0 N–H and O–H groups in total. The van der Waals surface area contributed by atoms with Crippen LogP contribution in [0.3, 0.4) is 0 Å². The average Bonchev–Trinajstić information content (AvgIpc) is 3.82. The summed E-state index contributed by atoms with van der Waals surface area (Å²) in [4.78, 5) is 5.05. The van der Waals surface area contributed by atoms with Gasteiger partial charge in [0.1, 0.15) is 0 Å². The molecule has 0 radical (unpaired) electrons. The Hall–Kier alpha value is -6.71. The first-order valence-electron chi connectivity index (χ1n) is 17.6. The van der Waals surface area contributed by atoms with Crippen LogP contribution >= 0.6 is 0 Å². The Bertz CT molecular complexity index is 2910. The summed E-state index contributed by atoms with van der Waals surface area (Å²) >= 11 is 0. The van der Waals surface area contributed by atoms with E-state index in [2.05, 4.69) is 191 Å². The maximum absolute atomic E-state index is 5.05. The summed E-state index contributed by atoms with van der Waals surface area (Å²) in [6, 6.07) is 66.4. The van der Waals surface area contributed by atoms with E-state index in [1.807, 2.05) is 6.20 Å². The minimum Gasteiger partial charge on any atom is -0.309 e. The first-order valence-corrected chi connectivity index (χ1v) is 17.6. The predicted octanol–water partition coefficient (Wildman–Crippen LogP) is 11.6. The number of hydrogen-bond donors (Lipinski definition) is 0. The van der Waals surface area contributed by atoms with Gasteiger partial charge in [-0.15, -0.1) is 0 Å². The Morgan fingerprint density at radius 2 is 1.00 bits per heavy atom. The number of aromatic nitrogens is 3. The van der Waals surface area contributed by atoms with Gasteiger partial charge in [-0.2, -0.15) is 0 Å². The second-order valence-electron chi connectivity index (χ2n) is 13.5. The Labute approximate surface area is 295 Å². The molecule has 51 heavy (non-hydrogen) atoms. The summed E-state index contributed by atoms with van der Waals surface area (Å²) < 4.78 is 4.79. The summed E-state index contributed by atoms with van der Waals surface area (Å²) in [5.41, 5.74) is 15.1. The van der Waals surface area contributed by atoms with Crippen LogP contribution in [0.4, 0.5) is 0 Å². The van der Waals surface area contributed by atoms with E-state index in [1.54, 1.807) is 0 Å². The second kappa shape index (κ2) is 10.6. The Morgan fingerprint density at radius 3 is 1.78 bits per heavy atom. The topological polar surface area (TPSA) is 22.8 Å². The van der Waals surface area contributed by atoms with Gasteiger partial charge in [0, 0.05) is 33.7 Å². The molecule has 0 unspecified atom stereocenters. The lowest BCUT2D eigenvalue weighted by atomic mass is 9.67. The summed E-state index contributed by atoms with van der Waals surface area (Å²) in [5, 5.41) is 3.62. The maximum Gasteiger partial charge on any atom is 0.0963 e. The van der Waals surface area contributed by atoms with Crippen LogP contribution in [0.2, 0.25) is 0 Å². The number of fused-ring (bicyclic) bond motifs is 9. The summed E-state index contributed by atoms with van der Waals surface area (Å²) in [6.45, 7) is 0. The lowest BCUT2D eigenvalue weighted by Crippen LogP contribution is -2.28. The van der Waals surface area contributed by atoms with E-state index in [0.717, 1.165) is 33.3 Å². The van der Waals surface area contributed by atoms with E-state index in [9.17, 15) is 0 Å². The highest BCUT2D eigenvalue weighted by atomic mass is 15.0. The van der Waals surface area contributed by atoms with Crippen molar-refractivity contribution >= 4 is 43.7 Å². The molecule has 0 saturated heterocycles. The molecule has 7 aromatic carbocycles. The molecule has 3 heterocycles. The molecule has 1 aliphatic carbocycles. The summed E-state index contributed by atoms with van der Waals surface area (Å²) in [7, 11) is 0. The van der Waals surface area contributed by atoms with Crippen molar-refractivity contribution in [3.05, 3.63) is 210 Å². The molecule has 0 fully saturated rings. The molecule has 0 atom stereocenters. The molecule has 0 spiro atoms. The molecule has 0 bridgehead atoms. The number of para-hydroxylation sites is 2. The fraction of sp³-hybridized carbons (Fsp3) is 0.0208. The van der Waals surface area contributed by atoms with Crippen LogP contribution in [-0.2, 0) is 5.41 Å². The van der Waals surface area contributed by atoms with E-state index in [-0.39, 0.29) is 0 Å². The van der Waals surface area contributed by atoms with Gasteiger partial charge < -0.3 is 9.13 Å². The monoisotopic (exact) mass is 649 g/mol. The summed E-state index contributed by atoms with van der Waals surface area (Å²) in [5.74, 6) is 0. The third-order valence-corrected chi connectivity index (χ3v) is 11.0. The van der Waals surface area contributed by atoms with Crippen molar-refractivity contribution in [3.63, 3.8) is 0 Å². The SMILES string of the molecule is c1ccc(-n2c3ccccc3c3cc(-n4c5cc6c(cc5c5ncccc54)C(c4ccccc4)(c4ccccc4)c4ccccc4-6)ccc32)cc1. The van der Waals surface area contributed by atoms with Crippen LogP contribution in [0, 0.1) is 0 Å². The quantitative estimate of drug-likeness (QED) is 0.186. The smallest absolute Gasteiger partial charge is 0.0963 e. The molecule has 238 valence electrons. The van der Waals surface area contributed by atoms with Crippen molar-refractivity contribution in [1.29, 1.82) is 0 Å². The Morgan fingerprint density at radius 1 is 0.373 bits per heavy atom. The first kappa shape index (κ1) is 28.2. The predicted molar refractivity (Wildman–Crippen MR) is 210 cm³/mol. The van der Waals surface area contributed by atoms with E-state index in [0.29, 0.717) is 0 Å². The third kappa shape index (κ3) is 3.80. The van der Waals surface area contributed by atoms with Crippen molar-refractivity contribution in [2.75, 3.05) is 0 Å². The van der Waals surface area contributed by atoms with Gasteiger partial charge in [0.25, 0.3) is 0 Å². The third-order valence-electron chi connectivity index (χ3n) is 11.0. The number of rotatable bonds is 4. The summed E-state index contributed by atoms with van der Waals surface area (Å²) in [6.07, 6.45) is 1.92. The molecular formula is C48H31N3. The van der Waals surface area contributed by atoms with Gasteiger partial charge >= 0.3 is 0 Å². The van der Waals surface area contributed by atoms with Crippen molar-refractivity contribution in [1.82, 2.24) is 14.1 Å². The molecular weight excluding hydrogens is 619 g/mol. The lowest BCUT2D eigenvalue weighted by molar-refractivity contribution is 0.769. The van der Waals surface area contributed by atoms with Gasteiger partial charge in [-0.3, -0.25) is 4.98 Å². The molecule has 10 aromatic rings. The van der Waals surface area contributed by atoms with Crippen LogP contribution in [0.25, 0.3) is 66.2 Å². The second-order valence-corrected chi connectivity index (χ2v) is 13.5. The fourth-order valence-electron chi connectivity index (χ4n) is 9.00. The highest BCUT2D eigenvalue weighted by molar-refractivity contribution is 6.12. The molecule has 0 aliphatic heterocycles. The Balaban J connectivity index is 1.24. The van der Waals surface area contributed by atoms with Gasteiger partial charge in [0.05, 0.1) is 33.0 Å². The van der Waals surface area contributed by atoms with E-state index < -0.39 is 5.41 Å². The van der Waals surface area contributed by atoms with Crippen LogP contribution in [0.5, 0.6) is 0 Å². The van der Waals surface area contributed by atoms with Gasteiger partial charge in [-0.25, -0.2) is 0 Å². The fourth-order valence-corrected chi connectivity index (χ4v) is 9.00. The lowest BCUT2D eigenvalue weighted by Gasteiger charge is -2.33. The zero-order chi connectivity index (χ0) is 33.5. The zero-order valence-electron chi connectivity index (χ0n) is 27.7. The standard InChI is InChI=1S/C48H31N3/c1-4-15-32(16-5-1)48(33-17-6-2-7-18-33)41-23-12-10-21-36(41)38-31-46-40(30-42(38)48)47-45(25-14-28-49-47)51(46)35-26-27-44-39(29-35)37-22-11-13-24-43(37)50(44)34-19-8-3-9-20-34/h1-31H. The van der Waals surface area contributed by atoms with Crippen LogP contribution in [-0.4, -0.2) is 14.1 Å². The minimum atomic E-state index is -0.468. The highest BCUT2D eigenvalue weighted by Crippen LogP contribution is 2.57. The van der Waals surface area contributed by atoms with Crippen molar-refractivity contribution in [3.8, 4) is 22.5 Å².